The van der Waals surface area contributed by atoms with Crippen molar-refractivity contribution in [2.75, 3.05) is 20.2 Å². The molecule has 1 aromatic rings. The average Bonchev–Trinajstić information content (AvgIpc) is 2.97. The molecule has 116 valence electrons. The van der Waals surface area contributed by atoms with Crippen molar-refractivity contribution >= 4 is 10.0 Å². The van der Waals surface area contributed by atoms with Crippen LogP contribution in [0.1, 0.15) is 18.9 Å². The van der Waals surface area contributed by atoms with E-state index in [-0.39, 0.29) is 12.1 Å². The van der Waals surface area contributed by atoms with E-state index in [1.54, 1.807) is 29.6 Å². The van der Waals surface area contributed by atoms with Crippen LogP contribution in [0.25, 0.3) is 0 Å². The van der Waals surface area contributed by atoms with Gasteiger partial charge >= 0.3 is 0 Å². The molecule has 5 nitrogen and oxygen atoms in total. The predicted molar refractivity (Wildman–Crippen MR) is 81.0 cm³/mol. The van der Waals surface area contributed by atoms with Gasteiger partial charge in [0, 0.05) is 18.6 Å². The number of hydrogen-bond donors (Lipinski definition) is 1. The molecule has 6 heteroatoms. The molecule has 0 spiro atoms. The van der Waals surface area contributed by atoms with Gasteiger partial charge in [-0.2, -0.15) is 4.31 Å². The van der Waals surface area contributed by atoms with Gasteiger partial charge in [0.1, 0.15) is 5.75 Å². The minimum atomic E-state index is -3.45. The van der Waals surface area contributed by atoms with Crippen molar-refractivity contribution in [3.63, 3.8) is 0 Å². The summed E-state index contributed by atoms with van der Waals surface area (Å²) < 4.78 is 32.9. The Hall–Kier alpha value is -1.11. The van der Waals surface area contributed by atoms with Gasteiger partial charge in [0.05, 0.1) is 12.0 Å². The fourth-order valence-electron chi connectivity index (χ4n) is 3.67. The zero-order chi connectivity index (χ0) is 15.2. The van der Waals surface area contributed by atoms with Gasteiger partial charge < -0.3 is 10.1 Å². The van der Waals surface area contributed by atoms with E-state index in [1.807, 2.05) is 13.8 Å². The Balaban J connectivity index is 1.98. The molecule has 2 fully saturated rings. The summed E-state index contributed by atoms with van der Waals surface area (Å²) in [7, 11) is -1.86. The Morgan fingerprint density at radius 1 is 1.33 bits per heavy atom. The van der Waals surface area contributed by atoms with Crippen LogP contribution in [0.3, 0.4) is 0 Å². The molecule has 0 amide bonds. The lowest BCUT2D eigenvalue weighted by atomic mass is 10.0. The van der Waals surface area contributed by atoms with Crippen molar-refractivity contribution in [3.8, 4) is 5.75 Å². The molecule has 2 heterocycles. The van der Waals surface area contributed by atoms with E-state index in [2.05, 4.69) is 5.32 Å². The Morgan fingerprint density at radius 3 is 2.76 bits per heavy atom. The number of sulfonamides is 1. The summed E-state index contributed by atoms with van der Waals surface area (Å²) in [6.07, 6.45) is 0.937. The SMILES string of the molecule is COc1ccc(S(=O)(=O)N2C(C)CC3CNCC32)cc1C. The van der Waals surface area contributed by atoms with Gasteiger partial charge in [0.25, 0.3) is 0 Å². The minimum Gasteiger partial charge on any atom is -0.496 e. The van der Waals surface area contributed by atoms with Crippen molar-refractivity contribution in [2.24, 2.45) is 5.92 Å². The fraction of sp³-hybridized carbons (Fsp3) is 0.600. The van der Waals surface area contributed by atoms with E-state index in [9.17, 15) is 8.42 Å². The van der Waals surface area contributed by atoms with Crippen LogP contribution >= 0.6 is 0 Å². The van der Waals surface area contributed by atoms with Gasteiger partial charge in [-0.05, 0) is 56.5 Å². The second-order valence-corrected chi connectivity index (χ2v) is 7.88. The smallest absolute Gasteiger partial charge is 0.243 e. The topological polar surface area (TPSA) is 58.6 Å². The molecular weight excluding hydrogens is 288 g/mol. The number of aryl methyl sites for hydroxylation is 1. The molecule has 0 saturated carbocycles. The molecule has 2 saturated heterocycles. The second-order valence-electron chi connectivity index (χ2n) is 6.04. The highest BCUT2D eigenvalue weighted by Crippen LogP contribution is 2.37. The first-order chi connectivity index (χ1) is 9.95. The maximum absolute atomic E-state index is 13.0. The summed E-state index contributed by atoms with van der Waals surface area (Å²) in [5, 5.41) is 3.30. The van der Waals surface area contributed by atoms with Gasteiger partial charge in [-0.3, -0.25) is 0 Å². The number of methoxy groups -OCH3 is 1. The largest absolute Gasteiger partial charge is 0.496 e. The van der Waals surface area contributed by atoms with Gasteiger partial charge in [-0.25, -0.2) is 8.42 Å². The summed E-state index contributed by atoms with van der Waals surface area (Å²) in [6, 6.07) is 5.23. The van der Waals surface area contributed by atoms with Crippen LogP contribution in [-0.4, -0.2) is 45.0 Å². The molecule has 0 radical (unpaired) electrons. The molecular formula is C15H22N2O3S. The monoisotopic (exact) mass is 310 g/mol. The van der Waals surface area contributed by atoms with Crippen LogP contribution in [0.5, 0.6) is 5.75 Å². The van der Waals surface area contributed by atoms with Crippen molar-refractivity contribution in [3.05, 3.63) is 23.8 Å². The van der Waals surface area contributed by atoms with Crippen molar-refractivity contribution in [2.45, 2.75) is 37.2 Å². The van der Waals surface area contributed by atoms with Crippen molar-refractivity contribution in [1.29, 1.82) is 0 Å². The lowest BCUT2D eigenvalue weighted by molar-refractivity contribution is 0.335. The Morgan fingerprint density at radius 2 is 2.10 bits per heavy atom. The van der Waals surface area contributed by atoms with Crippen LogP contribution < -0.4 is 10.1 Å². The van der Waals surface area contributed by atoms with Crippen LogP contribution in [0.2, 0.25) is 0 Å². The molecule has 1 aromatic carbocycles. The van der Waals surface area contributed by atoms with Gasteiger partial charge in [-0.15, -0.1) is 0 Å². The highest BCUT2D eigenvalue weighted by molar-refractivity contribution is 7.89. The Labute approximate surface area is 126 Å². The van der Waals surface area contributed by atoms with Crippen molar-refractivity contribution in [1.82, 2.24) is 9.62 Å². The molecule has 3 rings (SSSR count). The third-order valence-electron chi connectivity index (χ3n) is 4.65. The van der Waals surface area contributed by atoms with Crippen LogP contribution in [0, 0.1) is 12.8 Å². The molecule has 0 aliphatic carbocycles. The van der Waals surface area contributed by atoms with Crippen LogP contribution in [0.4, 0.5) is 0 Å². The zero-order valence-corrected chi connectivity index (χ0v) is 13.5. The number of rotatable bonds is 3. The molecule has 3 atom stereocenters. The number of nitrogens with zero attached hydrogens (tertiary/aromatic N) is 1. The Kier molecular flexibility index (Phi) is 3.71. The lowest BCUT2D eigenvalue weighted by Gasteiger charge is -2.27. The number of nitrogens with one attached hydrogen (secondary N) is 1. The second kappa shape index (κ2) is 5.26. The lowest BCUT2D eigenvalue weighted by Crippen LogP contribution is -2.42. The molecule has 2 aliphatic heterocycles. The maximum atomic E-state index is 13.0. The first-order valence-electron chi connectivity index (χ1n) is 7.34. The Bertz CT molecular complexity index is 644. The third-order valence-corrected chi connectivity index (χ3v) is 6.69. The van der Waals surface area contributed by atoms with Crippen LogP contribution in [0.15, 0.2) is 23.1 Å². The van der Waals surface area contributed by atoms with E-state index in [1.165, 1.54) is 0 Å². The normalized spacial score (nSPS) is 29.6. The number of fused-ring (bicyclic) bond motifs is 1. The quantitative estimate of drug-likeness (QED) is 0.916. The zero-order valence-electron chi connectivity index (χ0n) is 12.7. The molecule has 1 N–H and O–H groups in total. The standard InChI is InChI=1S/C15H22N2O3S/c1-10-6-13(4-5-15(10)20-3)21(18,19)17-11(2)7-12-8-16-9-14(12)17/h4-6,11-12,14,16H,7-9H2,1-3H3. The van der Waals surface area contributed by atoms with E-state index in [0.29, 0.717) is 16.6 Å². The number of ether oxygens (including phenoxy) is 1. The van der Waals surface area contributed by atoms with Gasteiger partial charge in [0.15, 0.2) is 0 Å². The van der Waals surface area contributed by atoms with Gasteiger partial charge in [0.2, 0.25) is 10.0 Å². The molecule has 3 unspecified atom stereocenters. The van der Waals surface area contributed by atoms with E-state index >= 15 is 0 Å². The van der Waals surface area contributed by atoms with E-state index in [4.69, 9.17) is 4.74 Å². The minimum absolute atomic E-state index is 0.0644. The van der Waals surface area contributed by atoms with E-state index in [0.717, 1.165) is 25.1 Å². The molecule has 0 bridgehead atoms. The van der Waals surface area contributed by atoms with Crippen molar-refractivity contribution < 1.29 is 13.2 Å². The highest BCUT2D eigenvalue weighted by atomic mass is 32.2. The molecule has 2 aliphatic rings. The predicted octanol–water partition coefficient (Wildman–Crippen LogP) is 1.37. The summed E-state index contributed by atoms with van der Waals surface area (Å²) in [5.74, 6) is 1.15. The maximum Gasteiger partial charge on any atom is 0.243 e. The number of hydrogen-bond acceptors (Lipinski definition) is 4. The average molecular weight is 310 g/mol. The summed E-state index contributed by atoms with van der Waals surface area (Å²) >= 11 is 0. The van der Waals surface area contributed by atoms with Gasteiger partial charge in [-0.1, -0.05) is 0 Å². The molecule has 21 heavy (non-hydrogen) atoms. The summed E-state index contributed by atoms with van der Waals surface area (Å²) in [6.45, 7) is 5.55. The highest BCUT2D eigenvalue weighted by Gasteiger charge is 2.47. The fourth-order valence-corrected chi connectivity index (χ4v) is 5.65. The first-order valence-corrected chi connectivity index (χ1v) is 8.78. The summed E-state index contributed by atoms with van der Waals surface area (Å²) in [4.78, 5) is 0.361. The third kappa shape index (κ3) is 2.35. The molecule has 0 aromatic heterocycles. The first kappa shape index (κ1) is 14.8. The number of benzene rings is 1. The summed E-state index contributed by atoms with van der Waals surface area (Å²) in [5.41, 5.74) is 0.839. The van der Waals surface area contributed by atoms with E-state index < -0.39 is 10.0 Å². The van der Waals surface area contributed by atoms with Crippen LogP contribution in [-0.2, 0) is 10.0 Å².